The highest BCUT2D eigenvalue weighted by Crippen LogP contribution is 2.43. The summed E-state index contributed by atoms with van der Waals surface area (Å²) in [7, 11) is 0.581. The average molecular weight is 689 g/mol. The molecule has 1 aliphatic rings. The third-order valence-electron chi connectivity index (χ3n) is 7.23. The predicted octanol–water partition coefficient (Wildman–Crippen LogP) is 5.78. The molecule has 0 bridgehead atoms. The first-order valence-corrected chi connectivity index (χ1v) is 16.2. The third-order valence-corrected chi connectivity index (χ3v) is 8.20. The van der Waals surface area contributed by atoms with Crippen LogP contribution in [0, 0.1) is 0 Å². The number of carbonyl (C=O) groups is 4. The molecule has 1 fully saturated rings. The Morgan fingerprint density at radius 3 is 1.31 bits per heavy atom. The lowest BCUT2D eigenvalue weighted by Crippen LogP contribution is -2.63. The van der Waals surface area contributed by atoms with Gasteiger partial charge in [0.1, 0.15) is 12.7 Å². The molecule has 0 saturated carbocycles. The van der Waals surface area contributed by atoms with Gasteiger partial charge in [-0.15, -0.1) is 0 Å². The lowest BCUT2D eigenvalue weighted by molar-refractivity contribution is -0.277. The molecule has 1 heterocycles. The molecule has 0 radical (unpaired) electrons. The molecule has 12 nitrogen and oxygen atoms in total. The molecule has 1 aliphatic heterocycles. The van der Waals surface area contributed by atoms with Crippen molar-refractivity contribution in [2.24, 2.45) is 0 Å². The number of rotatable bonds is 13. The number of hydrogen-bond donors (Lipinski definition) is 0. The zero-order valence-electron chi connectivity index (χ0n) is 26.5. The van der Waals surface area contributed by atoms with Crippen LogP contribution in [0.5, 0.6) is 0 Å². The van der Waals surface area contributed by atoms with Crippen LogP contribution in [0.25, 0.3) is 0 Å². The van der Waals surface area contributed by atoms with E-state index in [-0.39, 0.29) is 22.3 Å². The van der Waals surface area contributed by atoms with Crippen molar-refractivity contribution in [3.63, 3.8) is 0 Å². The number of carbonyl (C=O) groups excluding carboxylic acids is 4. The van der Waals surface area contributed by atoms with Gasteiger partial charge in [-0.2, -0.15) is 0 Å². The second-order valence-electron chi connectivity index (χ2n) is 10.4. The molecule has 0 spiro atoms. The van der Waals surface area contributed by atoms with Gasteiger partial charge in [0.05, 0.1) is 22.3 Å². The summed E-state index contributed by atoms with van der Waals surface area (Å²) in [6.07, 6.45) is -7.44. The number of ether oxygens (including phenoxy) is 5. The maximum Gasteiger partial charge on any atom is 0.338 e. The first-order chi connectivity index (χ1) is 23.9. The summed E-state index contributed by atoms with van der Waals surface area (Å²) in [4.78, 5) is 53.6. The molecule has 0 N–H and O–H groups in total. The summed E-state index contributed by atoms with van der Waals surface area (Å²) in [5.74, 6) is -3.14. The summed E-state index contributed by atoms with van der Waals surface area (Å²) >= 11 is 0. The zero-order chi connectivity index (χ0) is 34.6. The lowest BCUT2D eigenvalue weighted by Gasteiger charge is -2.44. The van der Waals surface area contributed by atoms with Crippen LogP contribution in [0.2, 0.25) is 0 Å². The molecule has 5 rings (SSSR count). The molecular weight excluding hydrogens is 655 g/mol. The first kappa shape index (κ1) is 35.3. The Bertz CT molecular complexity index is 1670. The quantitative estimate of drug-likeness (QED) is 0.0955. The van der Waals surface area contributed by atoms with Gasteiger partial charge < -0.3 is 32.7 Å². The number of hydrogen-bond acceptors (Lipinski definition) is 12. The van der Waals surface area contributed by atoms with Crippen LogP contribution in [-0.2, 0) is 37.3 Å². The Labute approximate surface area is 283 Å². The molecule has 0 unspecified atom stereocenters. The van der Waals surface area contributed by atoms with Crippen LogP contribution in [-0.4, -0.2) is 75.4 Å². The molecular formula is C36H33O12P. The van der Waals surface area contributed by atoms with E-state index in [2.05, 4.69) is 0 Å². The highest BCUT2D eigenvalue weighted by atomic mass is 31.2. The van der Waals surface area contributed by atoms with Gasteiger partial charge in [-0.3, -0.25) is 4.52 Å². The molecule has 4 aromatic rings. The fraction of sp³-hybridized carbons (Fsp3) is 0.222. The van der Waals surface area contributed by atoms with Gasteiger partial charge in [0.15, 0.2) is 18.3 Å². The van der Waals surface area contributed by atoms with E-state index in [1.807, 2.05) is 0 Å². The average Bonchev–Trinajstić information content (AvgIpc) is 3.16. The molecule has 13 heteroatoms. The second-order valence-corrected chi connectivity index (χ2v) is 11.8. The first-order valence-electron chi connectivity index (χ1n) is 15.1. The maximum absolute atomic E-state index is 13.6. The minimum atomic E-state index is -2.08. The zero-order valence-corrected chi connectivity index (χ0v) is 27.4. The monoisotopic (exact) mass is 688 g/mol. The maximum atomic E-state index is 13.6. The van der Waals surface area contributed by atoms with Gasteiger partial charge in [0, 0.05) is 14.2 Å². The van der Waals surface area contributed by atoms with Gasteiger partial charge in [-0.1, -0.05) is 72.8 Å². The van der Waals surface area contributed by atoms with E-state index >= 15 is 0 Å². The molecule has 0 aliphatic carbocycles. The molecule has 5 atom stereocenters. The van der Waals surface area contributed by atoms with Crippen molar-refractivity contribution in [2.45, 2.75) is 30.7 Å². The second kappa shape index (κ2) is 17.4. The minimum Gasteiger partial charge on any atom is -0.459 e. The molecule has 0 aromatic heterocycles. The highest BCUT2D eigenvalue weighted by Gasteiger charge is 2.54. The fourth-order valence-corrected chi connectivity index (χ4v) is 5.52. The summed E-state index contributed by atoms with van der Waals surface area (Å²) in [6, 6.07) is 32.4. The minimum absolute atomic E-state index is 0.163. The highest BCUT2D eigenvalue weighted by molar-refractivity contribution is 7.41. The SMILES string of the molecule is COP(OC)O[C@H]1O[C@H](COC(=O)c2ccccc2)[C@@H](OC(=O)c2ccccc2)[C@H](OC(=O)c2ccccc2)[C@@H]1OC(=O)c1ccccc1. The number of esters is 4. The van der Waals surface area contributed by atoms with E-state index in [1.54, 1.807) is 84.9 Å². The van der Waals surface area contributed by atoms with E-state index in [1.165, 1.54) is 50.6 Å². The van der Waals surface area contributed by atoms with Gasteiger partial charge in [0.2, 0.25) is 6.29 Å². The molecule has 0 amide bonds. The van der Waals surface area contributed by atoms with Crippen molar-refractivity contribution in [2.75, 3.05) is 20.8 Å². The summed E-state index contributed by atoms with van der Waals surface area (Å²) in [6.45, 7) is -0.489. The largest absolute Gasteiger partial charge is 0.459 e. The predicted molar refractivity (Wildman–Crippen MR) is 174 cm³/mol. The van der Waals surface area contributed by atoms with E-state index < -0.39 is 69.8 Å². The van der Waals surface area contributed by atoms with E-state index in [9.17, 15) is 19.2 Å². The van der Waals surface area contributed by atoms with Crippen LogP contribution in [0.1, 0.15) is 41.4 Å². The molecule has 49 heavy (non-hydrogen) atoms. The van der Waals surface area contributed by atoms with E-state index in [0.29, 0.717) is 0 Å². The van der Waals surface area contributed by atoms with E-state index in [4.69, 9.17) is 37.3 Å². The van der Waals surface area contributed by atoms with Crippen molar-refractivity contribution in [1.29, 1.82) is 0 Å². The third kappa shape index (κ3) is 9.35. The Morgan fingerprint density at radius 1 is 0.531 bits per heavy atom. The Balaban J connectivity index is 1.56. The van der Waals surface area contributed by atoms with E-state index in [0.717, 1.165) is 0 Å². The Kier molecular flexibility index (Phi) is 12.6. The Morgan fingerprint density at radius 2 is 0.898 bits per heavy atom. The van der Waals surface area contributed by atoms with Crippen LogP contribution < -0.4 is 0 Å². The Hall–Kier alpha value is -4.97. The van der Waals surface area contributed by atoms with Gasteiger partial charge in [-0.25, -0.2) is 19.2 Å². The molecule has 4 aromatic carbocycles. The van der Waals surface area contributed by atoms with Crippen LogP contribution >= 0.6 is 8.60 Å². The van der Waals surface area contributed by atoms with Gasteiger partial charge in [-0.05, 0) is 48.5 Å². The lowest BCUT2D eigenvalue weighted by atomic mass is 9.97. The van der Waals surface area contributed by atoms with Crippen LogP contribution in [0.15, 0.2) is 121 Å². The van der Waals surface area contributed by atoms with Crippen molar-refractivity contribution in [3.05, 3.63) is 144 Å². The fourth-order valence-electron chi connectivity index (χ4n) is 4.86. The summed E-state index contributed by atoms with van der Waals surface area (Å²) < 4.78 is 46.3. The van der Waals surface area contributed by atoms with Crippen LogP contribution in [0.3, 0.4) is 0 Å². The summed E-state index contributed by atoms with van der Waals surface area (Å²) in [5, 5.41) is 0. The van der Waals surface area contributed by atoms with Crippen molar-refractivity contribution >= 4 is 32.5 Å². The number of benzene rings is 4. The smallest absolute Gasteiger partial charge is 0.338 e. The van der Waals surface area contributed by atoms with Crippen molar-refractivity contribution in [3.8, 4) is 0 Å². The van der Waals surface area contributed by atoms with Crippen LogP contribution in [0.4, 0.5) is 0 Å². The topological polar surface area (TPSA) is 142 Å². The molecule has 1 saturated heterocycles. The van der Waals surface area contributed by atoms with Crippen molar-refractivity contribution < 1.29 is 56.4 Å². The van der Waals surface area contributed by atoms with Crippen molar-refractivity contribution in [1.82, 2.24) is 0 Å². The van der Waals surface area contributed by atoms with Gasteiger partial charge >= 0.3 is 32.5 Å². The normalized spacial score (nSPS) is 20.2. The van der Waals surface area contributed by atoms with Gasteiger partial charge in [0.25, 0.3) is 0 Å². The molecule has 254 valence electrons. The summed E-state index contributed by atoms with van der Waals surface area (Å²) in [5.41, 5.74) is 0.768. The standard InChI is InChI=1S/C36H33O12P/c1-41-49(42-2)48-36-31(47-35(40)27-21-13-6-14-22-27)30(46-34(39)26-19-11-5-12-20-26)29(45-33(38)25-17-9-4-10-18-25)28(44-36)23-43-32(37)24-15-7-3-8-16-24/h3-22,28-31,36H,23H2,1-2H3/t28-,29-,30+,31+,36-/m1/s1.